The molecule has 148 valence electrons. The summed E-state index contributed by atoms with van der Waals surface area (Å²) in [5, 5.41) is 0. The Kier molecular flexibility index (Phi) is 5.84. The van der Waals surface area contributed by atoms with E-state index in [0.717, 1.165) is 35.8 Å². The van der Waals surface area contributed by atoms with Crippen LogP contribution in [-0.2, 0) is 13.2 Å². The van der Waals surface area contributed by atoms with Crippen LogP contribution in [0.5, 0.6) is 5.75 Å². The van der Waals surface area contributed by atoms with Crippen molar-refractivity contribution < 1.29 is 14.1 Å². The largest absolute Gasteiger partial charge is 0.487 e. The van der Waals surface area contributed by atoms with Gasteiger partial charge in [-0.25, -0.2) is 0 Å². The van der Waals surface area contributed by atoms with Crippen LogP contribution in [0.4, 0.5) is 5.69 Å². The summed E-state index contributed by atoms with van der Waals surface area (Å²) in [6.45, 7) is 4.91. The maximum atomic E-state index is 12.6. The molecule has 0 atom stereocenters. The highest BCUT2D eigenvalue weighted by Gasteiger charge is 2.15. The Bertz CT molecular complexity index is 962. The molecule has 1 saturated heterocycles. The molecule has 0 bridgehead atoms. The third-order valence-corrected chi connectivity index (χ3v) is 5.18. The van der Waals surface area contributed by atoms with Crippen LogP contribution >= 0.6 is 0 Å². The smallest absolute Gasteiger partial charge is 0.227 e. The zero-order valence-corrected chi connectivity index (χ0v) is 16.8. The summed E-state index contributed by atoms with van der Waals surface area (Å²) in [6, 6.07) is 17.6. The average molecular weight is 388 g/mol. The molecule has 2 aromatic heterocycles. The number of hydrogen-bond donors (Lipinski definition) is 0. The Morgan fingerprint density at radius 3 is 2.45 bits per heavy atom. The number of ether oxygens (including phenoxy) is 1. The van der Waals surface area contributed by atoms with Gasteiger partial charge in [-0.3, -0.25) is 9.78 Å². The number of carbonyl (C=O) groups is 1. The van der Waals surface area contributed by atoms with E-state index in [4.69, 9.17) is 4.74 Å². The molecule has 4 rings (SSSR count). The van der Waals surface area contributed by atoms with Gasteiger partial charge in [0, 0.05) is 42.2 Å². The number of aryl methyl sites for hydroxylation is 1. The Morgan fingerprint density at radius 1 is 1.03 bits per heavy atom. The molecule has 0 aliphatic carbocycles. The molecular formula is C24H26N3O2+. The van der Waals surface area contributed by atoms with Crippen molar-refractivity contribution in [2.24, 2.45) is 0 Å². The Balaban J connectivity index is 1.32. The lowest BCUT2D eigenvalue weighted by molar-refractivity contribution is -0.683. The van der Waals surface area contributed by atoms with Crippen LogP contribution in [0.3, 0.4) is 0 Å². The van der Waals surface area contributed by atoms with Gasteiger partial charge in [0.2, 0.25) is 12.3 Å². The van der Waals surface area contributed by atoms with E-state index in [1.54, 1.807) is 0 Å². The topological polar surface area (TPSA) is 46.3 Å². The molecule has 0 saturated carbocycles. The van der Waals surface area contributed by atoms with Crippen LogP contribution in [0.25, 0.3) is 0 Å². The third kappa shape index (κ3) is 4.99. The van der Waals surface area contributed by atoms with E-state index in [9.17, 15) is 4.79 Å². The zero-order valence-electron chi connectivity index (χ0n) is 16.8. The van der Waals surface area contributed by atoms with Crippen LogP contribution in [0.15, 0.2) is 67.0 Å². The summed E-state index contributed by atoms with van der Waals surface area (Å²) in [6.07, 6.45) is 6.24. The first-order valence-corrected chi connectivity index (χ1v) is 10.1. The van der Waals surface area contributed by atoms with Crippen molar-refractivity contribution in [1.82, 2.24) is 4.98 Å². The maximum absolute atomic E-state index is 12.6. The van der Waals surface area contributed by atoms with Crippen LogP contribution < -0.4 is 14.2 Å². The first kappa shape index (κ1) is 19.1. The van der Waals surface area contributed by atoms with E-state index in [1.165, 1.54) is 18.5 Å². The molecule has 0 spiro atoms. The van der Waals surface area contributed by atoms with Crippen LogP contribution in [-0.4, -0.2) is 23.9 Å². The van der Waals surface area contributed by atoms with Gasteiger partial charge in [-0.15, -0.1) is 0 Å². The Hall–Kier alpha value is -3.21. The first-order valence-electron chi connectivity index (χ1n) is 10.1. The standard InChI is InChI=1S/C24H26N3O2/c1-19-5-4-6-21(25-19)18-29-23-11-15-26(16-12-23)17-24(28)20-7-9-22(10-8-20)27-13-2-3-14-27/h4-12,15-16H,2-3,13-14,17-18H2,1H3/q+1. The molecule has 29 heavy (non-hydrogen) atoms. The lowest BCUT2D eigenvalue weighted by atomic mass is 10.1. The van der Waals surface area contributed by atoms with Gasteiger partial charge in [0.25, 0.3) is 0 Å². The fourth-order valence-corrected chi connectivity index (χ4v) is 3.57. The predicted octanol–water partition coefficient (Wildman–Crippen LogP) is 3.74. The van der Waals surface area contributed by atoms with Gasteiger partial charge in [-0.05, 0) is 56.2 Å². The normalized spacial score (nSPS) is 13.5. The molecule has 0 radical (unpaired) electrons. The molecule has 1 aliphatic rings. The van der Waals surface area contributed by atoms with Gasteiger partial charge in [-0.1, -0.05) is 6.07 Å². The SMILES string of the molecule is Cc1cccc(COc2cc[n+](CC(=O)c3ccc(N4CCCC4)cc3)cc2)n1. The van der Waals surface area contributed by atoms with Crippen molar-refractivity contribution in [3.05, 3.63) is 83.9 Å². The highest BCUT2D eigenvalue weighted by Crippen LogP contribution is 2.20. The lowest BCUT2D eigenvalue weighted by Gasteiger charge is -2.17. The fourth-order valence-electron chi connectivity index (χ4n) is 3.57. The molecule has 1 aliphatic heterocycles. The van der Waals surface area contributed by atoms with Crippen molar-refractivity contribution in [3.8, 4) is 5.75 Å². The third-order valence-electron chi connectivity index (χ3n) is 5.18. The highest BCUT2D eigenvalue weighted by molar-refractivity contribution is 5.95. The Labute approximate surface area is 171 Å². The van der Waals surface area contributed by atoms with Crippen molar-refractivity contribution >= 4 is 11.5 Å². The molecule has 1 aromatic carbocycles. The van der Waals surface area contributed by atoms with E-state index in [0.29, 0.717) is 13.2 Å². The van der Waals surface area contributed by atoms with E-state index in [-0.39, 0.29) is 5.78 Å². The molecule has 0 amide bonds. The number of anilines is 1. The lowest BCUT2D eigenvalue weighted by Crippen LogP contribution is -2.37. The second-order valence-corrected chi connectivity index (χ2v) is 7.43. The number of benzene rings is 1. The van der Waals surface area contributed by atoms with Crippen LogP contribution in [0.2, 0.25) is 0 Å². The number of aromatic nitrogens is 2. The number of ketones is 1. The van der Waals surface area contributed by atoms with Crippen molar-refractivity contribution in [2.75, 3.05) is 18.0 Å². The van der Waals surface area contributed by atoms with Crippen molar-refractivity contribution in [2.45, 2.75) is 32.9 Å². The molecule has 3 heterocycles. The monoisotopic (exact) mass is 388 g/mol. The molecule has 5 nitrogen and oxygen atoms in total. The quantitative estimate of drug-likeness (QED) is 0.457. The van der Waals surface area contributed by atoms with E-state index < -0.39 is 0 Å². The van der Waals surface area contributed by atoms with Gasteiger partial charge in [-0.2, -0.15) is 4.57 Å². The minimum Gasteiger partial charge on any atom is -0.487 e. The van der Waals surface area contributed by atoms with E-state index >= 15 is 0 Å². The van der Waals surface area contributed by atoms with E-state index in [2.05, 4.69) is 22.0 Å². The minimum absolute atomic E-state index is 0.0978. The summed E-state index contributed by atoms with van der Waals surface area (Å²) in [5.41, 5.74) is 3.82. The number of nitrogens with zero attached hydrogens (tertiary/aromatic N) is 3. The van der Waals surface area contributed by atoms with Gasteiger partial charge >= 0.3 is 0 Å². The minimum atomic E-state index is 0.0978. The van der Waals surface area contributed by atoms with Gasteiger partial charge in [0.15, 0.2) is 12.4 Å². The number of Topliss-reactive ketones (excluding diaryl/α,β-unsaturated/α-hetero) is 1. The number of carbonyl (C=O) groups excluding carboxylic acids is 1. The molecular weight excluding hydrogens is 362 g/mol. The van der Waals surface area contributed by atoms with Crippen molar-refractivity contribution in [1.29, 1.82) is 0 Å². The zero-order chi connectivity index (χ0) is 20.1. The van der Waals surface area contributed by atoms with Gasteiger partial charge < -0.3 is 9.64 Å². The Morgan fingerprint density at radius 2 is 1.76 bits per heavy atom. The highest BCUT2D eigenvalue weighted by atomic mass is 16.5. The van der Waals surface area contributed by atoms with Crippen LogP contribution in [0, 0.1) is 6.92 Å². The molecule has 0 unspecified atom stereocenters. The molecule has 5 heteroatoms. The maximum Gasteiger partial charge on any atom is 0.227 e. The fraction of sp³-hybridized carbons (Fsp3) is 0.292. The second-order valence-electron chi connectivity index (χ2n) is 7.43. The number of hydrogen-bond acceptors (Lipinski definition) is 4. The summed E-state index contributed by atoms with van der Waals surface area (Å²) < 4.78 is 7.66. The van der Waals surface area contributed by atoms with Gasteiger partial charge in [0.05, 0.1) is 5.69 Å². The molecule has 1 fully saturated rings. The first-order chi connectivity index (χ1) is 14.2. The summed E-state index contributed by atoms with van der Waals surface area (Å²) in [5.74, 6) is 0.854. The number of rotatable bonds is 7. The molecule has 0 N–H and O–H groups in total. The van der Waals surface area contributed by atoms with E-state index in [1.807, 2.05) is 66.3 Å². The second kappa shape index (κ2) is 8.86. The molecule has 3 aromatic rings. The van der Waals surface area contributed by atoms with Crippen molar-refractivity contribution in [3.63, 3.8) is 0 Å². The summed E-state index contributed by atoms with van der Waals surface area (Å²) in [4.78, 5) is 19.4. The van der Waals surface area contributed by atoms with Gasteiger partial charge in [0.1, 0.15) is 12.4 Å². The van der Waals surface area contributed by atoms with Crippen LogP contribution in [0.1, 0.15) is 34.6 Å². The average Bonchev–Trinajstić information content (AvgIpc) is 3.28. The summed E-state index contributed by atoms with van der Waals surface area (Å²) in [7, 11) is 0. The predicted molar refractivity (Wildman–Crippen MR) is 112 cm³/mol. The summed E-state index contributed by atoms with van der Waals surface area (Å²) >= 11 is 0. The number of pyridine rings is 2.